The number of nitrogens with zero attached hydrogens (tertiary/aromatic N) is 6. The number of phenols is 2. The molecule has 2 heterocycles. The summed E-state index contributed by atoms with van der Waals surface area (Å²) in [4.78, 5) is 29.4. The standard InChI is InChI=1S/C82H110N6O8/c1-12-13-14-15-16-17-18-21-25-28-31-46-93-55-68(56-96-67-38-44-73(76(91)52-67)81-84-77(69(58(4)5)39-33-57(2)3)83-78(86-81)70-40-34-59(6)48-62(70)9)94-47-32-29-26-23-20-19-22-24-27-30-45-92-53-65(89)54-95-66-37-43-74(75(90)51-66)82-87-79(71-41-35-60(7)49-63(71)10)85-80(88-82)72-42-36-61(8)50-64(72)11/h33-44,48-52,65,68,89-91H,4,12-32,45-47,53-56H2,1-3,5-11H3/b69-39+. The van der Waals surface area contributed by atoms with Gasteiger partial charge in [-0.15, -0.1) is 0 Å². The van der Waals surface area contributed by atoms with Gasteiger partial charge in [0.05, 0.1) is 24.3 Å². The largest absolute Gasteiger partial charge is 0.507 e. The Labute approximate surface area is 574 Å². The zero-order chi connectivity index (χ0) is 68.6. The van der Waals surface area contributed by atoms with Crippen LogP contribution in [0.15, 0.2) is 121 Å². The van der Waals surface area contributed by atoms with Gasteiger partial charge in [-0.05, 0) is 128 Å². The summed E-state index contributed by atoms with van der Waals surface area (Å²) in [5.41, 5.74) is 12.9. The predicted molar refractivity (Wildman–Crippen MR) is 392 cm³/mol. The average molecular weight is 1310 g/mol. The number of ether oxygens (including phenoxy) is 5. The second-order valence-corrected chi connectivity index (χ2v) is 26.5. The summed E-state index contributed by atoms with van der Waals surface area (Å²) >= 11 is 0. The van der Waals surface area contributed by atoms with E-state index in [1.54, 1.807) is 24.3 Å². The molecule has 7 rings (SSSR count). The van der Waals surface area contributed by atoms with Gasteiger partial charge in [0.1, 0.15) is 48.4 Å². The van der Waals surface area contributed by atoms with Gasteiger partial charge in [0, 0.05) is 54.2 Å². The number of aromatic hydroxyl groups is 2. The second-order valence-electron chi connectivity index (χ2n) is 26.5. The molecule has 0 saturated heterocycles. The van der Waals surface area contributed by atoms with Crippen LogP contribution in [0.3, 0.4) is 0 Å². The summed E-state index contributed by atoms with van der Waals surface area (Å²) in [7, 11) is 0. The van der Waals surface area contributed by atoms with E-state index in [0.717, 1.165) is 105 Å². The van der Waals surface area contributed by atoms with Gasteiger partial charge in [-0.3, -0.25) is 0 Å². The lowest BCUT2D eigenvalue weighted by molar-refractivity contribution is -0.0389. The molecule has 3 N–H and O–H groups in total. The van der Waals surface area contributed by atoms with E-state index >= 15 is 0 Å². The third-order valence-electron chi connectivity index (χ3n) is 17.3. The molecule has 0 fully saturated rings. The first-order valence-corrected chi connectivity index (χ1v) is 35.6. The molecular formula is C82H110N6O8. The zero-order valence-corrected chi connectivity index (χ0v) is 59.5. The van der Waals surface area contributed by atoms with Gasteiger partial charge in [0.15, 0.2) is 34.9 Å². The smallest absolute Gasteiger partial charge is 0.167 e. The van der Waals surface area contributed by atoms with Gasteiger partial charge in [-0.1, -0.05) is 218 Å². The first-order valence-electron chi connectivity index (χ1n) is 35.6. The van der Waals surface area contributed by atoms with E-state index in [-0.39, 0.29) is 37.4 Å². The summed E-state index contributed by atoms with van der Waals surface area (Å²) < 4.78 is 30.7. The monoisotopic (exact) mass is 1310 g/mol. The van der Waals surface area contributed by atoms with Crippen LogP contribution in [0.5, 0.6) is 23.0 Å². The van der Waals surface area contributed by atoms with Gasteiger partial charge in [-0.25, -0.2) is 29.9 Å². The van der Waals surface area contributed by atoms with Crippen molar-refractivity contribution in [2.45, 2.75) is 216 Å². The van der Waals surface area contributed by atoms with Crippen molar-refractivity contribution in [2.75, 3.05) is 46.2 Å². The van der Waals surface area contributed by atoms with Crippen molar-refractivity contribution in [3.63, 3.8) is 0 Å². The molecule has 7 aromatic rings. The first kappa shape index (κ1) is 75.8. The molecule has 2 aromatic heterocycles. The molecule has 2 atom stereocenters. The van der Waals surface area contributed by atoms with Crippen LogP contribution in [0, 0.1) is 41.5 Å². The Balaban J connectivity index is 0.804. The molecule has 5 aromatic carbocycles. The zero-order valence-electron chi connectivity index (χ0n) is 59.5. The summed E-state index contributed by atoms with van der Waals surface area (Å²) in [6, 6.07) is 28.9. The topological polar surface area (TPSA) is 184 Å². The van der Waals surface area contributed by atoms with Gasteiger partial charge in [-0.2, -0.15) is 0 Å². The van der Waals surface area contributed by atoms with E-state index in [4.69, 9.17) is 53.6 Å². The number of benzene rings is 5. The van der Waals surface area contributed by atoms with Crippen molar-refractivity contribution < 1.29 is 39.0 Å². The Kier molecular flexibility index (Phi) is 32.2. The van der Waals surface area contributed by atoms with Crippen LogP contribution in [0.1, 0.15) is 202 Å². The summed E-state index contributed by atoms with van der Waals surface area (Å²) in [5, 5.41) is 33.6. The van der Waals surface area contributed by atoms with Crippen molar-refractivity contribution in [1.29, 1.82) is 0 Å². The minimum atomic E-state index is -0.820. The van der Waals surface area contributed by atoms with Crippen molar-refractivity contribution in [3.8, 4) is 79.9 Å². The summed E-state index contributed by atoms with van der Waals surface area (Å²) in [6.45, 7) is 27.7. The fraction of sp³-hybridized carbons (Fsp3) is 0.488. The number of hydrogen-bond acceptors (Lipinski definition) is 14. The lowest BCUT2D eigenvalue weighted by Gasteiger charge is -2.19. The Hall–Kier alpha value is -7.62. The second kappa shape index (κ2) is 40.8. The number of aliphatic hydroxyl groups excluding tert-OH is 1. The molecule has 96 heavy (non-hydrogen) atoms. The Morgan fingerprint density at radius 1 is 0.417 bits per heavy atom. The molecular weight excluding hydrogens is 1200 g/mol. The first-order chi connectivity index (χ1) is 46.5. The van der Waals surface area contributed by atoms with E-state index in [2.05, 4.69) is 65.5 Å². The summed E-state index contributed by atoms with van der Waals surface area (Å²) in [5.74, 6) is 3.66. The van der Waals surface area contributed by atoms with E-state index in [1.165, 1.54) is 102 Å². The normalized spacial score (nSPS) is 12.3. The highest BCUT2D eigenvalue weighted by Crippen LogP contribution is 2.36. The van der Waals surface area contributed by atoms with Crippen molar-refractivity contribution in [2.24, 2.45) is 0 Å². The summed E-state index contributed by atoms with van der Waals surface area (Å²) in [6.07, 6.45) is 28.3. The number of hydrogen-bond donors (Lipinski definition) is 3. The van der Waals surface area contributed by atoms with E-state index in [0.29, 0.717) is 84.0 Å². The highest BCUT2D eigenvalue weighted by atomic mass is 16.6. The highest BCUT2D eigenvalue weighted by Gasteiger charge is 2.21. The maximum atomic E-state index is 11.6. The number of rotatable bonds is 44. The quantitative estimate of drug-likeness (QED) is 0.0242. The molecule has 14 heteroatoms. The molecule has 0 aliphatic carbocycles. The van der Waals surface area contributed by atoms with Crippen LogP contribution >= 0.6 is 0 Å². The third kappa shape index (κ3) is 25.4. The Morgan fingerprint density at radius 3 is 1.19 bits per heavy atom. The van der Waals surface area contributed by atoms with Crippen molar-refractivity contribution in [1.82, 2.24) is 29.9 Å². The van der Waals surface area contributed by atoms with Gasteiger partial charge < -0.3 is 39.0 Å². The number of aliphatic hydroxyl groups is 1. The molecule has 0 bridgehead atoms. The highest BCUT2D eigenvalue weighted by molar-refractivity contribution is 5.78. The van der Waals surface area contributed by atoms with Crippen molar-refractivity contribution >= 4 is 5.57 Å². The van der Waals surface area contributed by atoms with Crippen molar-refractivity contribution in [3.05, 3.63) is 160 Å². The van der Waals surface area contributed by atoms with Crippen LogP contribution in [0.25, 0.3) is 62.5 Å². The molecule has 0 saturated carbocycles. The van der Waals surface area contributed by atoms with Gasteiger partial charge >= 0.3 is 0 Å². The fourth-order valence-corrected chi connectivity index (χ4v) is 11.8. The molecule has 14 nitrogen and oxygen atoms in total. The number of aryl methyl sites for hydroxylation is 6. The fourth-order valence-electron chi connectivity index (χ4n) is 11.8. The lowest BCUT2D eigenvalue weighted by Crippen LogP contribution is -2.28. The number of allylic oxidation sites excluding steroid dienone is 5. The average Bonchev–Trinajstić information content (AvgIpc) is 0.798. The lowest BCUT2D eigenvalue weighted by atomic mass is 10.0. The maximum Gasteiger partial charge on any atom is 0.167 e. The van der Waals surface area contributed by atoms with E-state index in [9.17, 15) is 15.3 Å². The van der Waals surface area contributed by atoms with Crippen LogP contribution in [-0.4, -0.2) is 104 Å². The SMILES string of the molecule is C=C(C)/C(=C\C=C(C)C)c1nc(-c2ccc(C)cc2C)nc(-c2ccc(OCC(COCCCCCCCCCCCCC)OCCCCCCCCCCCCOCC(O)COc3ccc(-c4nc(-c5ccc(C)cc5C)nc(-c5ccc(C)cc5C)n4)c(O)c3)cc2O)n1. The minimum Gasteiger partial charge on any atom is -0.507 e. The Bertz CT molecular complexity index is 3540. The molecule has 0 aliphatic heterocycles. The molecule has 0 spiro atoms. The number of unbranched alkanes of at least 4 members (excludes halogenated alkanes) is 19. The Morgan fingerprint density at radius 2 is 0.781 bits per heavy atom. The van der Waals surface area contributed by atoms with Crippen LogP contribution in [-0.2, 0) is 14.2 Å². The maximum absolute atomic E-state index is 11.6. The number of aromatic nitrogens is 6. The molecule has 516 valence electrons. The van der Waals surface area contributed by atoms with Crippen LogP contribution in [0.4, 0.5) is 0 Å². The molecule has 0 amide bonds. The molecule has 0 radical (unpaired) electrons. The van der Waals surface area contributed by atoms with Crippen LogP contribution in [0.2, 0.25) is 0 Å². The third-order valence-corrected chi connectivity index (χ3v) is 17.3. The van der Waals surface area contributed by atoms with E-state index < -0.39 is 6.10 Å². The molecule has 2 unspecified atom stereocenters. The van der Waals surface area contributed by atoms with Gasteiger partial charge in [0.25, 0.3) is 0 Å². The van der Waals surface area contributed by atoms with E-state index in [1.807, 2.05) is 83.2 Å². The van der Waals surface area contributed by atoms with Crippen LogP contribution < -0.4 is 9.47 Å². The minimum absolute atomic E-state index is 0.00231. The number of phenolic OH excluding ortho intramolecular Hbond substituents is 2. The molecule has 0 aliphatic rings. The van der Waals surface area contributed by atoms with Gasteiger partial charge in [0.2, 0.25) is 0 Å². The predicted octanol–water partition coefficient (Wildman–Crippen LogP) is 20.0.